The summed E-state index contributed by atoms with van der Waals surface area (Å²) < 4.78 is 0.263. The summed E-state index contributed by atoms with van der Waals surface area (Å²) in [7, 11) is 1.83. The van der Waals surface area contributed by atoms with Crippen LogP contribution in [0.15, 0.2) is 35.3 Å². The van der Waals surface area contributed by atoms with E-state index in [-0.39, 0.29) is 10.7 Å². The molecule has 0 radical (unpaired) electrons. The fourth-order valence-corrected chi connectivity index (χ4v) is 3.82. The molecule has 0 bridgehead atoms. The number of thioether (sulfide) groups is 1. The highest BCUT2D eigenvalue weighted by atomic mass is 32.2. The van der Waals surface area contributed by atoms with Crippen molar-refractivity contribution in [2.75, 3.05) is 39.0 Å². The molecule has 1 heterocycles. The van der Waals surface area contributed by atoms with Crippen molar-refractivity contribution in [1.82, 2.24) is 15.5 Å². The van der Waals surface area contributed by atoms with Crippen LogP contribution in [-0.2, 0) is 0 Å². The number of carbonyl (C=O) groups excluding carboxylic acids is 1. The van der Waals surface area contributed by atoms with Crippen molar-refractivity contribution < 1.29 is 4.79 Å². The van der Waals surface area contributed by atoms with E-state index < -0.39 is 0 Å². The number of hydrogen-bond acceptors (Lipinski definition) is 3. The fraction of sp³-hybridized carbons (Fsp3) is 0.556. The Hall–Kier alpha value is -1.69. The Kier molecular flexibility index (Phi) is 6.97. The molecule has 1 aliphatic heterocycles. The molecule has 1 saturated heterocycles. The summed E-state index contributed by atoms with van der Waals surface area (Å²) in [6, 6.07) is 9.31. The molecule has 1 aromatic carbocycles. The molecular weight excluding hydrogens is 320 g/mol. The highest BCUT2D eigenvalue weighted by molar-refractivity contribution is 8.00. The third kappa shape index (κ3) is 5.74. The molecular formula is C18H28N4OS. The number of aliphatic imine (C=N–C) groups is 1. The maximum Gasteiger partial charge on any atom is 0.251 e. The molecule has 0 aliphatic carbocycles. The van der Waals surface area contributed by atoms with Crippen molar-refractivity contribution in [2.45, 2.75) is 25.0 Å². The van der Waals surface area contributed by atoms with Crippen molar-refractivity contribution in [3.63, 3.8) is 0 Å². The first kappa shape index (κ1) is 18.6. The normalized spacial score (nSPS) is 17.5. The number of carbonyl (C=O) groups is 1. The van der Waals surface area contributed by atoms with Crippen LogP contribution < -0.4 is 10.6 Å². The van der Waals surface area contributed by atoms with Crippen LogP contribution in [-0.4, -0.2) is 60.5 Å². The van der Waals surface area contributed by atoms with Gasteiger partial charge in [-0.25, -0.2) is 0 Å². The fourth-order valence-electron chi connectivity index (χ4n) is 2.71. The minimum absolute atomic E-state index is 0.0187. The van der Waals surface area contributed by atoms with E-state index in [1.165, 1.54) is 0 Å². The van der Waals surface area contributed by atoms with Crippen molar-refractivity contribution in [3.05, 3.63) is 35.9 Å². The molecule has 132 valence electrons. The first-order chi connectivity index (χ1) is 11.5. The van der Waals surface area contributed by atoms with Gasteiger partial charge in [-0.05, 0) is 32.4 Å². The van der Waals surface area contributed by atoms with Crippen LogP contribution in [0, 0.1) is 0 Å². The van der Waals surface area contributed by atoms with Crippen LogP contribution in [0.25, 0.3) is 0 Å². The van der Waals surface area contributed by atoms with Crippen LogP contribution in [0.5, 0.6) is 0 Å². The third-order valence-electron chi connectivity index (χ3n) is 3.90. The Labute approximate surface area is 149 Å². The van der Waals surface area contributed by atoms with Crippen molar-refractivity contribution in [3.8, 4) is 0 Å². The summed E-state index contributed by atoms with van der Waals surface area (Å²) in [6.07, 6.45) is 0.865. The molecule has 2 N–H and O–H groups in total. The Bertz CT molecular complexity index is 559. The lowest BCUT2D eigenvalue weighted by atomic mass is 10.2. The van der Waals surface area contributed by atoms with Crippen LogP contribution in [0.3, 0.4) is 0 Å². The van der Waals surface area contributed by atoms with E-state index in [2.05, 4.69) is 34.4 Å². The molecule has 24 heavy (non-hydrogen) atoms. The highest BCUT2D eigenvalue weighted by Gasteiger charge is 2.28. The minimum atomic E-state index is -0.0187. The highest BCUT2D eigenvalue weighted by Crippen LogP contribution is 2.29. The summed E-state index contributed by atoms with van der Waals surface area (Å²) in [6.45, 7) is 8.03. The zero-order valence-electron chi connectivity index (χ0n) is 14.8. The number of guanidine groups is 1. The zero-order chi connectivity index (χ0) is 17.4. The lowest BCUT2D eigenvalue weighted by molar-refractivity contribution is 0.0953. The van der Waals surface area contributed by atoms with Gasteiger partial charge < -0.3 is 15.5 Å². The number of nitrogens with zero attached hydrogens (tertiary/aromatic N) is 2. The van der Waals surface area contributed by atoms with Gasteiger partial charge in [0.25, 0.3) is 5.91 Å². The Balaban J connectivity index is 1.68. The SMILES string of the molecule is CN=C(NCCCNC(=O)c1ccccc1)N1CCSC(C)(C)C1. The summed E-state index contributed by atoms with van der Waals surface area (Å²) in [5.74, 6) is 2.06. The van der Waals surface area contributed by atoms with Crippen molar-refractivity contribution >= 4 is 23.6 Å². The molecule has 0 spiro atoms. The van der Waals surface area contributed by atoms with Crippen LogP contribution in [0.4, 0.5) is 0 Å². The van der Waals surface area contributed by atoms with E-state index in [4.69, 9.17) is 0 Å². The van der Waals surface area contributed by atoms with Gasteiger partial charge in [-0.3, -0.25) is 9.79 Å². The molecule has 1 aliphatic rings. The molecule has 0 atom stereocenters. The van der Waals surface area contributed by atoms with E-state index in [0.717, 1.165) is 37.8 Å². The van der Waals surface area contributed by atoms with Gasteiger partial charge in [0, 0.05) is 49.3 Å². The summed E-state index contributed by atoms with van der Waals surface area (Å²) in [5.41, 5.74) is 0.703. The molecule has 5 nitrogen and oxygen atoms in total. The lowest BCUT2D eigenvalue weighted by Crippen LogP contribution is -2.51. The predicted octanol–water partition coefficient (Wildman–Crippen LogP) is 2.21. The van der Waals surface area contributed by atoms with E-state index >= 15 is 0 Å². The maximum absolute atomic E-state index is 12.0. The first-order valence-electron chi connectivity index (χ1n) is 8.45. The average molecular weight is 349 g/mol. The van der Waals surface area contributed by atoms with Crippen LogP contribution >= 0.6 is 11.8 Å². The zero-order valence-corrected chi connectivity index (χ0v) is 15.7. The standard InChI is InChI=1S/C18H28N4OS/c1-18(2)14-22(12-13-24-18)17(19-3)21-11-7-10-20-16(23)15-8-5-4-6-9-15/h4-6,8-9H,7,10-14H2,1-3H3,(H,19,21)(H,20,23). The van der Waals surface area contributed by atoms with E-state index in [9.17, 15) is 4.79 Å². The molecule has 1 aromatic rings. The molecule has 0 unspecified atom stereocenters. The van der Waals surface area contributed by atoms with Crippen molar-refractivity contribution in [2.24, 2.45) is 4.99 Å². The summed E-state index contributed by atoms with van der Waals surface area (Å²) in [4.78, 5) is 18.7. The van der Waals surface area contributed by atoms with E-state index in [0.29, 0.717) is 12.1 Å². The van der Waals surface area contributed by atoms with Gasteiger partial charge in [-0.15, -0.1) is 0 Å². The second kappa shape index (κ2) is 8.97. The molecule has 0 aromatic heterocycles. The minimum Gasteiger partial charge on any atom is -0.356 e. The van der Waals surface area contributed by atoms with Gasteiger partial charge in [-0.1, -0.05) is 18.2 Å². The van der Waals surface area contributed by atoms with E-state index in [1.807, 2.05) is 49.1 Å². The summed E-state index contributed by atoms with van der Waals surface area (Å²) >= 11 is 2.01. The largest absolute Gasteiger partial charge is 0.356 e. The number of amides is 1. The van der Waals surface area contributed by atoms with Gasteiger partial charge in [0.1, 0.15) is 0 Å². The Morgan fingerprint density at radius 3 is 2.62 bits per heavy atom. The van der Waals surface area contributed by atoms with Crippen molar-refractivity contribution in [1.29, 1.82) is 0 Å². The molecule has 1 fully saturated rings. The average Bonchev–Trinajstić information content (AvgIpc) is 2.57. The Morgan fingerprint density at radius 1 is 1.25 bits per heavy atom. The number of rotatable bonds is 5. The smallest absolute Gasteiger partial charge is 0.251 e. The van der Waals surface area contributed by atoms with Gasteiger partial charge in [-0.2, -0.15) is 11.8 Å². The number of hydrogen-bond donors (Lipinski definition) is 2. The summed E-state index contributed by atoms with van der Waals surface area (Å²) in [5, 5.41) is 6.35. The van der Waals surface area contributed by atoms with Gasteiger partial charge in [0.15, 0.2) is 5.96 Å². The predicted molar refractivity (Wildman–Crippen MR) is 103 cm³/mol. The second-order valence-corrected chi connectivity index (χ2v) is 8.28. The number of nitrogens with one attached hydrogen (secondary N) is 2. The maximum atomic E-state index is 12.0. The third-order valence-corrected chi connectivity index (χ3v) is 5.19. The molecule has 2 rings (SSSR count). The lowest BCUT2D eigenvalue weighted by Gasteiger charge is -2.39. The Morgan fingerprint density at radius 2 is 1.96 bits per heavy atom. The van der Waals surface area contributed by atoms with Crippen LogP contribution in [0.2, 0.25) is 0 Å². The topological polar surface area (TPSA) is 56.7 Å². The second-order valence-electron chi connectivity index (χ2n) is 6.48. The van der Waals surface area contributed by atoms with Gasteiger partial charge in [0.2, 0.25) is 0 Å². The number of benzene rings is 1. The van der Waals surface area contributed by atoms with Gasteiger partial charge >= 0.3 is 0 Å². The van der Waals surface area contributed by atoms with E-state index in [1.54, 1.807) is 0 Å². The molecule has 6 heteroatoms. The van der Waals surface area contributed by atoms with Gasteiger partial charge in [0.05, 0.1) is 0 Å². The molecule has 0 saturated carbocycles. The monoisotopic (exact) mass is 348 g/mol. The van der Waals surface area contributed by atoms with Crippen LogP contribution in [0.1, 0.15) is 30.6 Å². The quantitative estimate of drug-likeness (QED) is 0.487. The molecule has 1 amide bonds. The first-order valence-corrected chi connectivity index (χ1v) is 9.43.